The lowest BCUT2D eigenvalue weighted by molar-refractivity contribution is -0.126. The number of nitrogens with zero attached hydrogens (tertiary/aromatic N) is 1. The standard InChI is InChI=1S/C16H14FNOS/c17-14-4-2-1-3-12(14)5-6-16(19)18-9-7-15-13(11-18)8-10-20-15/h1-6,8,10H,7,9,11H2. The van der Waals surface area contributed by atoms with Crippen LogP contribution in [0.1, 0.15) is 16.0 Å². The zero-order chi connectivity index (χ0) is 13.9. The number of benzene rings is 1. The van der Waals surface area contributed by atoms with Crippen molar-refractivity contribution in [2.45, 2.75) is 13.0 Å². The third-order valence-electron chi connectivity index (χ3n) is 3.43. The number of carbonyl (C=O) groups excluding carboxylic acids is 1. The number of fused-ring (bicyclic) bond motifs is 1. The summed E-state index contributed by atoms with van der Waals surface area (Å²) < 4.78 is 13.5. The molecular weight excluding hydrogens is 273 g/mol. The normalized spacial score (nSPS) is 14.6. The fourth-order valence-electron chi connectivity index (χ4n) is 2.31. The van der Waals surface area contributed by atoms with E-state index in [4.69, 9.17) is 0 Å². The van der Waals surface area contributed by atoms with Crippen LogP contribution in [0.5, 0.6) is 0 Å². The van der Waals surface area contributed by atoms with Crippen LogP contribution in [-0.2, 0) is 17.8 Å². The molecule has 0 N–H and O–H groups in total. The van der Waals surface area contributed by atoms with Crippen molar-refractivity contribution in [3.8, 4) is 0 Å². The Labute approximate surface area is 121 Å². The highest BCUT2D eigenvalue weighted by atomic mass is 32.1. The quantitative estimate of drug-likeness (QED) is 0.774. The Morgan fingerprint density at radius 1 is 1.30 bits per heavy atom. The van der Waals surface area contributed by atoms with Crippen LogP contribution in [0.15, 0.2) is 41.8 Å². The molecule has 102 valence electrons. The third-order valence-corrected chi connectivity index (χ3v) is 4.45. The molecule has 3 rings (SSSR count). The molecule has 2 nitrogen and oxygen atoms in total. The second-order valence-corrected chi connectivity index (χ2v) is 5.73. The predicted octanol–water partition coefficient (Wildman–Crippen LogP) is 3.49. The van der Waals surface area contributed by atoms with E-state index < -0.39 is 0 Å². The summed E-state index contributed by atoms with van der Waals surface area (Å²) in [7, 11) is 0. The number of rotatable bonds is 2. The van der Waals surface area contributed by atoms with E-state index in [-0.39, 0.29) is 11.7 Å². The molecule has 0 saturated carbocycles. The van der Waals surface area contributed by atoms with Gasteiger partial charge in [-0.05, 0) is 35.6 Å². The lowest BCUT2D eigenvalue weighted by Crippen LogP contribution is -2.34. The molecule has 1 aromatic carbocycles. The molecular formula is C16H14FNOS. The Morgan fingerprint density at radius 3 is 3.00 bits per heavy atom. The number of hydrogen-bond donors (Lipinski definition) is 0. The first-order valence-corrected chi connectivity index (χ1v) is 7.39. The summed E-state index contributed by atoms with van der Waals surface area (Å²) in [4.78, 5) is 15.3. The number of amides is 1. The lowest BCUT2D eigenvalue weighted by Gasteiger charge is -2.25. The van der Waals surface area contributed by atoms with Gasteiger partial charge >= 0.3 is 0 Å². The smallest absolute Gasteiger partial charge is 0.246 e. The number of halogens is 1. The molecule has 20 heavy (non-hydrogen) atoms. The van der Waals surface area contributed by atoms with Crippen molar-refractivity contribution < 1.29 is 9.18 Å². The number of carbonyl (C=O) groups is 1. The van der Waals surface area contributed by atoms with Crippen LogP contribution in [0.2, 0.25) is 0 Å². The monoisotopic (exact) mass is 287 g/mol. The van der Waals surface area contributed by atoms with Crippen molar-refractivity contribution in [3.63, 3.8) is 0 Å². The Hall–Kier alpha value is -1.94. The van der Waals surface area contributed by atoms with Crippen molar-refractivity contribution in [2.24, 2.45) is 0 Å². The molecule has 0 radical (unpaired) electrons. The molecule has 2 heterocycles. The number of thiophene rings is 1. The van der Waals surface area contributed by atoms with Crippen molar-refractivity contribution in [3.05, 3.63) is 63.6 Å². The molecule has 1 aliphatic rings. The summed E-state index contributed by atoms with van der Waals surface area (Å²) in [5.41, 5.74) is 1.67. The van der Waals surface area contributed by atoms with Gasteiger partial charge in [-0.2, -0.15) is 0 Å². The Bertz CT molecular complexity index is 662. The van der Waals surface area contributed by atoms with Crippen LogP contribution in [0.3, 0.4) is 0 Å². The van der Waals surface area contributed by atoms with E-state index in [9.17, 15) is 9.18 Å². The van der Waals surface area contributed by atoms with Crippen LogP contribution in [0.25, 0.3) is 6.08 Å². The van der Waals surface area contributed by atoms with Gasteiger partial charge in [-0.25, -0.2) is 4.39 Å². The summed E-state index contributed by atoms with van der Waals surface area (Å²) >= 11 is 1.75. The first kappa shape index (κ1) is 13.1. The maximum absolute atomic E-state index is 13.5. The molecule has 1 aliphatic heterocycles. The molecule has 0 spiro atoms. The van der Waals surface area contributed by atoms with E-state index in [1.807, 2.05) is 0 Å². The molecule has 0 atom stereocenters. The minimum absolute atomic E-state index is 0.0647. The zero-order valence-corrected chi connectivity index (χ0v) is 11.7. The largest absolute Gasteiger partial charge is 0.334 e. The average Bonchev–Trinajstić information content (AvgIpc) is 2.93. The van der Waals surface area contributed by atoms with Crippen LogP contribution < -0.4 is 0 Å². The van der Waals surface area contributed by atoms with Gasteiger partial charge in [-0.3, -0.25) is 4.79 Å². The minimum atomic E-state index is -0.310. The highest BCUT2D eigenvalue weighted by molar-refractivity contribution is 7.10. The van der Waals surface area contributed by atoms with Gasteiger partial charge in [0.25, 0.3) is 0 Å². The maximum Gasteiger partial charge on any atom is 0.246 e. The van der Waals surface area contributed by atoms with E-state index in [1.54, 1.807) is 40.5 Å². The van der Waals surface area contributed by atoms with E-state index in [2.05, 4.69) is 11.4 Å². The van der Waals surface area contributed by atoms with Gasteiger partial charge in [-0.1, -0.05) is 18.2 Å². The molecule has 0 aliphatic carbocycles. The highest BCUT2D eigenvalue weighted by Gasteiger charge is 2.19. The van der Waals surface area contributed by atoms with Crippen molar-refractivity contribution >= 4 is 23.3 Å². The van der Waals surface area contributed by atoms with E-state index in [0.29, 0.717) is 12.1 Å². The Kier molecular flexibility index (Phi) is 3.65. The molecule has 0 saturated heterocycles. The molecule has 0 unspecified atom stereocenters. The summed E-state index contributed by atoms with van der Waals surface area (Å²) in [6, 6.07) is 8.51. The van der Waals surface area contributed by atoms with Crippen molar-refractivity contribution in [1.29, 1.82) is 0 Å². The van der Waals surface area contributed by atoms with Gasteiger partial charge < -0.3 is 4.90 Å². The van der Waals surface area contributed by atoms with Gasteiger partial charge in [0.1, 0.15) is 5.82 Å². The zero-order valence-electron chi connectivity index (χ0n) is 10.9. The van der Waals surface area contributed by atoms with E-state index in [0.717, 1.165) is 13.0 Å². The fraction of sp³-hybridized carbons (Fsp3) is 0.188. The summed E-state index contributed by atoms with van der Waals surface area (Å²) in [5, 5.41) is 2.06. The van der Waals surface area contributed by atoms with E-state index in [1.165, 1.54) is 22.6 Å². The Balaban J connectivity index is 1.70. The molecule has 1 amide bonds. The summed E-state index contributed by atoms with van der Waals surface area (Å²) in [5.74, 6) is -0.375. The minimum Gasteiger partial charge on any atom is -0.334 e. The van der Waals surface area contributed by atoms with Gasteiger partial charge in [0.2, 0.25) is 5.91 Å². The predicted molar refractivity (Wildman–Crippen MR) is 78.9 cm³/mol. The lowest BCUT2D eigenvalue weighted by atomic mass is 10.1. The second kappa shape index (κ2) is 5.59. The topological polar surface area (TPSA) is 20.3 Å². The molecule has 0 fully saturated rings. The SMILES string of the molecule is O=C(C=Cc1ccccc1F)N1CCc2sccc2C1. The first-order valence-electron chi connectivity index (χ1n) is 6.51. The number of hydrogen-bond acceptors (Lipinski definition) is 2. The van der Waals surface area contributed by atoms with Crippen LogP contribution in [0, 0.1) is 5.82 Å². The van der Waals surface area contributed by atoms with Gasteiger partial charge in [0, 0.05) is 29.6 Å². The maximum atomic E-state index is 13.5. The van der Waals surface area contributed by atoms with Gasteiger partial charge in [0.15, 0.2) is 0 Å². The fourth-order valence-corrected chi connectivity index (χ4v) is 3.20. The third kappa shape index (κ3) is 2.65. The Morgan fingerprint density at radius 2 is 2.15 bits per heavy atom. The van der Waals surface area contributed by atoms with Crippen molar-refractivity contribution in [1.82, 2.24) is 4.90 Å². The summed E-state index contributed by atoms with van der Waals surface area (Å²) in [6.45, 7) is 1.38. The molecule has 4 heteroatoms. The van der Waals surface area contributed by atoms with Gasteiger partial charge in [0.05, 0.1) is 0 Å². The average molecular weight is 287 g/mol. The van der Waals surface area contributed by atoms with Crippen LogP contribution >= 0.6 is 11.3 Å². The molecule has 2 aromatic rings. The van der Waals surface area contributed by atoms with Crippen molar-refractivity contribution in [2.75, 3.05) is 6.54 Å². The van der Waals surface area contributed by atoms with E-state index >= 15 is 0 Å². The molecule has 0 bridgehead atoms. The molecule has 1 aromatic heterocycles. The second-order valence-electron chi connectivity index (χ2n) is 4.73. The van der Waals surface area contributed by atoms with Crippen LogP contribution in [-0.4, -0.2) is 17.4 Å². The van der Waals surface area contributed by atoms with Gasteiger partial charge in [-0.15, -0.1) is 11.3 Å². The van der Waals surface area contributed by atoms with Crippen LogP contribution in [0.4, 0.5) is 4.39 Å². The summed E-state index contributed by atoms with van der Waals surface area (Å²) in [6.07, 6.45) is 3.91. The first-order chi connectivity index (χ1) is 9.74. The highest BCUT2D eigenvalue weighted by Crippen LogP contribution is 2.24.